The number of aliphatic hydroxyl groups is 1. The Morgan fingerprint density at radius 1 is 1.25 bits per heavy atom. The quantitative estimate of drug-likeness (QED) is 0.559. The largest absolute Gasteiger partial charge is 0.394 e. The highest BCUT2D eigenvalue weighted by atomic mass is 35.5. The van der Waals surface area contributed by atoms with Gasteiger partial charge >= 0.3 is 0 Å². The molecule has 2 aromatic rings. The standard InChI is InChI=1S/C24H24ClFN4O5S/c25-19-7-6-16(10-20(19)26)21(14-31)28-23(32)22-5-2-8-30(22)24(33)17-3-1-4-18(9-17)36(34,35)29-12-15(11-27)13-29/h1,3-4,6-7,9-10,15,21-22,31H,2,5,8,12-14H2,(H,28,32)/t21-,22+/m0/s1. The van der Waals surface area contributed by atoms with Gasteiger partial charge in [0.05, 0.1) is 34.6 Å². The number of nitriles is 1. The van der Waals surface area contributed by atoms with E-state index in [1.165, 1.54) is 45.6 Å². The van der Waals surface area contributed by atoms with Crippen LogP contribution in [0.5, 0.6) is 0 Å². The normalized spacial score (nSPS) is 19.4. The number of nitrogens with one attached hydrogen (secondary N) is 1. The highest BCUT2D eigenvalue weighted by Crippen LogP contribution is 2.27. The van der Waals surface area contributed by atoms with Crippen molar-refractivity contribution in [3.8, 4) is 6.07 Å². The minimum atomic E-state index is -3.85. The van der Waals surface area contributed by atoms with Crippen LogP contribution < -0.4 is 5.32 Å². The summed E-state index contributed by atoms with van der Waals surface area (Å²) in [6, 6.07) is 9.84. The number of amides is 2. The molecular weight excluding hydrogens is 511 g/mol. The van der Waals surface area contributed by atoms with Crippen molar-refractivity contribution in [1.82, 2.24) is 14.5 Å². The number of halogens is 2. The van der Waals surface area contributed by atoms with Crippen molar-refractivity contribution in [3.05, 3.63) is 64.4 Å². The maximum absolute atomic E-state index is 13.9. The summed E-state index contributed by atoms with van der Waals surface area (Å²) < 4.78 is 40.7. The SMILES string of the molecule is N#CC1CN(S(=O)(=O)c2cccc(C(=O)N3CCC[C@@H]3C(=O)N[C@@H](CO)c3ccc(Cl)c(F)c3)c2)C1. The Balaban J connectivity index is 1.49. The third-order valence-corrected chi connectivity index (χ3v) is 8.54. The average molecular weight is 535 g/mol. The van der Waals surface area contributed by atoms with Crippen LogP contribution in [0, 0.1) is 23.1 Å². The molecule has 2 saturated heterocycles. The number of hydrogen-bond acceptors (Lipinski definition) is 6. The number of rotatable bonds is 7. The Labute approximate surface area is 213 Å². The third-order valence-electron chi connectivity index (χ3n) is 6.41. The molecule has 2 amide bonds. The maximum atomic E-state index is 13.9. The Morgan fingerprint density at radius 3 is 2.67 bits per heavy atom. The number of carbonyl (C=O) groups is 2. The number of carbonyl (C=O) groups excluding carboxylic acids is 2. The topological polar surface area (TPSA) is 131 Å². The number of likely N-dealkylation sites (tertiary alicyclic amines) is 1. The lowest BCUT2D eigenvalue weighted by Gasteiger charge is -2.34. The molecule has 0 spiro atoms. The molecule has 2 atom stereocenters. The van der Waals surface area contributed by atoms with E-state index in [1.54, 1.807) is 0 Å². The highest BCUT2D eigenvalue weighted by molar-refractivity contribution is 7.89. The van der Waals surface area contributed by atoms with Crippen molar-refractivity contribution in [1.29, 1.82) is 5.26 Å². The van der Waals surface area contributed by atoms with Crippen LogP contribution in [0.25, 0.3) is 0 Å². The molecule has 0 unspecified atom stereocenters. The first kappa shape index (κ1) is 26.0. The van der Waals surface area contributed by atoms with Gasteiger partial charge in [-0.3, -0.25) is 9.59 Å². The van der Waals surface area contributed by atoms with Crippen LogP contribution in [0.1, 0.15) is 34.8 Å². The lowest BCUT2D eigenvalue weighted by Crippen LogP contribution is -2.49. The van der Waals surface area contributed by atoms with Crippen LogP contribution >= 0.6 is 11.6 Å². The Kier molecular flexibility index (Phi) is 7.61. The highest BCUT2D eigenvalue weighted by Gasteiger charge is 2.38. The zero-order valence-corrected chi connectivity index (χ0v) is 20.7. The third kappa shape index (κ3) is 5.08. The second-order valence-corrected chi connectivity index (χ2v) is 11.1. The molecular formula is C24H24ClFN4O5S. The van der Waals surface area contributed by atoms with Crippen molar-refractivity contribution in [3.63, 3.8) is 0 Å². The van der Waals surface area contributed by atoms with E-state index < -0.39 is 46.3 Å². The number of aliphatic hydroxyl groups excluding tert-OH is 1. The van der Waals surface area contributed by atoms with E-state index >= 15 is 0 Å². The van der Waals surface area contributed by atoms with Crippen molar-refractivity contribution >= 4 is 33.4 Å². The number of benzene rings is 2. The first-order valence-corrected chi connectivity index (χ1v) is 13.1. The predicted octanol–water partition coefficient (Wildman–Crippen LogP) is 2.08. The Bertz CT molecular complexity index is 1330. The van der Waals surface area contributed by atoms with Gasteiger partial charge in [0.25, 0.3) is 5.91 Å². The van der Waals surface area contributed by atoms with E-state index in [9.17, 15) is 27.5 Å². The minimum Gasteiger partial charge on any atom is -0.394 e. The number of sulfonamides is 1. The maximum Gasteiger partial charge on any atom is 0.254 e. The average Bonchev–Trinajstić information content (AvgIpc) is 3.33. The lowest BCUT2D eigenvalue weighted by atomic mass is 10.1. The molecule has 0 aromatic heterocycles. The fourth-order valence-corrected chi connectivity index (χ4v) is 6.03. The van der Waals surface area contributed by atoms with Gasteiger partial charge in [0, 0.05) is 25.2 Å². The molecule has 190 valence electrons. The van der Waals surface area contributed by atoms with Crippen LogP contribution in [-0.4, -0.2) is 66.8 Å². The van der Waals surface area contributed by atoms with Crippen molar-refractivity contribution in [2.45, 2.75) is 29.8 Å². The van der Waals surface area contributed by atoms with Gasteiger partial charge in [0.1, 0.15) is 11.9 Å². The summed E-state index contributed by atoms with van der Waals surface area (Å²) in [6.45, 7) is 0.0175. The molecule has 2 aliphatic heterocycles. The van der Waals surface area contributed by atoms with Crippen molar-refractivity contribution in [2.24, 2.45) is 5.92 Å². The van der Waals surface area contributed by atoms with Gasteiger partial charge < -0.3 is 15.3 Å². The van der Waals surface area contributed by atoms with Crippen LogP contribution in [0.15, 0.2) is 47.4 Å². The molecule has 36 heavy (non-hydrogen) atoms. The predicted molar refractivity (Wildman–Crippen MR) is 128 cm³/mol. The summed E-state index contributed by atoms with van der Waals surface area (Å²) in [5.74, 6) is -2.04. The minimum absolute atomic E-state index is 0.0601. The van der Waals surface area contributed by atoms with Gasteiger partial charge in [-0.2, -0.15) is 9.57 Å². The van der Waals surface area contributed by atoms with Gasteiger partial charge in [0.15, 0.2) is 0 Å². The van der Waals surface area contributed by atoms with Crippen LogP contribution in [0.4, 0.5) is 4.39 Å². The van der Waals surface area contributed by atoms with Crippen LogP contribution in [0.2, 0.25) is 5.02 Å². The zero-order chi connectivity index (χ0) is 26.0. The molecule has 0 saturated carbocycles. The fourth-order valence-electron chi connectivity index (χ4n) is 4.33. The van der Waals surface area contributed by atoms with E-state index in [4.69, 9.17) is 16.9 Å². The summed E-state index contributed by atoms with van der Waals surface area (Å²) in [5.41, 5.74) is 0.442. The smallest absolute Gasteiger partial charge is 0.254 e. The second-order valence-electron chi connectivity index (χ2n) is 8.75. The summed E-state index contributed by atoms with van der Waals surface area (Å²) in [4.78, 5) is 27.6. The second kappa shape index (κ2) is 10.5. The molecule has 2 fully saturated rings. The van der Waals surface area contributed by atoms with Gasteiger partial charge in [0.2, 0.25) is 15.9 Å². The lowest BCUT2D eigenvalue weighted by molar-refractivity contribution is -0.126. The van der Waals surface area contributed by atoms with Gasteiger partial charge in [-0.25, -0.2) is 12.8 Å². The van der Waals surface area contributed by atoms with Crippen LogP contribution in [0.3, 0.4) is 0 Å². The van der Waals surface area contributed by atoms with Crippen molar-refractivity contribution < 1.29 is 27.5 Å². The Morgan fingerprint density at radius 2 is 2.00 bits per heavy atom. The summed E-state index contributed by atoms with van der Waals surface area (Å²) in [5, 5.41) is 21.3. The zero-order valence-electron chi connectivity index (χ0n) is 19.1. The van der Waals surface area contributed by atoms with E-state index in [-0.39, 0.29) is 34.5 Å². The van der Waals surface area contributed by atoms with E-state index in [2.05, 4.69) is 5.32 Å². The van der Waals surface area contributed by atoms with Gasteiger partial charge in [-0.1, -0.05) is 23.7 Å². The molecule has 12 heteroatoms. The first-order chi connectivity index (χ1) is 17.1. The first-order valence-electron chi connectivity index (χ1n) is 11.3. The molecule has 0 bridgehead atoms. The van der Waals surface area contributed by atoms with Crippen LogP contribution in [-0.2, 0) is 14.8 Å². The molecule has 2 heterocycles. The molecule has 2 aromatic carbocycles. The van der Waals surface area contributed by atoms with Gasteiger partial charge in [-0.15, -0.1) is 0 Å². The fraction of sp³-hybridized carbons (Fsp3) is 0.375. The number of nitrogens with zero attached hydrogens (tertiary/aromatic N) is 3. The van der Waals surface area contributed by atoms with E-state index in [1.807, 2.05) is 6.07 Å². The molecule has 2 N–H and O–H groups in total. The molecule has 2 aliphatic rings. The molecule has 9 nitrogen and oxygen atoms in total. The molecule has 4 rings (SSSR count). The molecule has 0 radical (unpaired) electrons. The van der Waals surface area contributed by atoms with Crippen molar-refractivity contribution in [2.75, 3.05) is 26.2 Å². The summed E-state index contributed by atoms with van der Waals surface area (Å²) in [7, 11) is -3.85. The number of hydrogen-bond donors (Lipinski definition) is 2. The monoisotopic (exact) mass is 534 g/mol. The van der Waals surface area contributed by atoms with E-state index in [0.717, 1.165) is 6.07 Å². The summed E-state index contributed by atoms with van der Waals surface area (Å²) in [6.07, 6.45) is 0.941. The summed E-state index contributed by atoms with van der Waals surface area (Å²) >= 11 is 5.71. The van der Waals surface area contributed by atoms with E-state index in [0.29, 0.717) is 24.9 Å². The van der Waals surface area contributed by atoms with Gasteiger partial charge in [-0.05, 0) is 48.7 Å². The molecule has 0 aliphatic carbocycles. The Hall–Kier alpha value is -3.04.